The van der Waals surface area contributed by atoms with Gasteiger partial charge >= 0.3 is 0 Å². The first-order chi connectivity index (χ1) is 9.61. The predicted molar refractivity (Wildman–Crippen MR) is 86.4 cm³/mol. The van der Waals surface area contributed by atoms with Crippen LogP contribution in [-0.2, 0) is 4.79 Å². The van der Waals surface area contributed by atoms with Crippen molar-refractivity contribution >= 4 is 29.0 Å². The zero-order valence-corrected chi connectivity index (χ0v) is 13.8. The number of aromatic nitrogens is 1. The van der Waals surface area contributed by atoms with Gasteiger partial charge in [0.2, 0.25) is 5.91 Å². The Kier molecular flexibility index (Phi) is 5.86. The van der Waals surface area contributed by atoms with Gasteiger partial charge < -0.3 is 10.6 Å². The highest BCUT2D eigenvalue weighted by Gasteiger charge is 2.27. The molecule has 0 bridgehead atoms. The van der Waals surface area contributed by atoms with Gasteiger partial charge in [0.25, 0.3) is 0 Å². The number of hydrogen-bond acceptors (Lipinski definition) is 5. The van der Waals surface area contributed by atoms with E-state index in [1.807, 2.05) is 18.1 Å². The lowest BCUT2D eigenvalue weighted by Crippen LogP contribution is -2.47. The van der Waals surface area contributed by atoms with Gasteiger partial charge in [-0.25, -0.2) is 4.98 Å². The van der Waals surface area contributed by atoms with E-state index >= 15 is 0 Å². The van der Waals surface area contributed by atoms with Crippen LogP contribution in [0.4, 0.5) is 0 Å². The Morgan fingerprint density at radius 3 is 2.85 bits per heavy atom. The number of piperidine rings is 1. The number of carbonyl (C=O) groups excluding carboxylic acids is 1. The highest BCUT2D eigenvalue weighted by atomic mass is 32.2. The Hall–Kier alpha value is -0.590. The van der Waals surface area contributed by atoms with Crippen LogP contribution in [0.3, 0.4) is 0 Å². The summed E-state index contributed by atoms with van der Waals surface area (Å²) in [7, 11) is 0. The second-order valence-corrected chi connectivity index (χ2v) is 7.19. The fraction of sp³-hybridized carbons (Fsp3) is 0.714. The van der Waals surface area contributed by atoms with Crippen molar-refractivity contribution < 1.29 is 4.79 Å². The van der Waals surface area contributed by atoms with E-state index in [1.54, 1.807) is 23.1 Å². The molecule has 0 aliphatic carbocycles. The van der Waals surface area contributed by atoms with Crippen LogP contribution in [0.2, 0.25) is 0 Å². The monoisotopic (exact) mass is 313 g/mol. The fourth-order valence-electron chi connectivity index (χ4n) is 2.51. The van der Waals surface area contributed by atoms with Gasteiger partial charge in [0.15, 0.2) is 0 Å². The minimum absolute atomic E-state index is 0.118. The summed E-state index contributed by atoms with van der Waals surface area (Å²) in [6, 6.07) is -0.332. The molecule has 1 aliphatic rings. The first kappa shape index (κ1) is 15.8. The van der Waals surface area contributed by atoms with Crippen LogP contribution in [0.25, 0.3) is 0 Å². The van der Waals surface area contributed by atoms with Gasteiger partial charge in [0.05, 0.1) is 11.0 Å². The third-order valence-electron chi connectivity index (χ3n) is 3.74. The summed E-state index contributed by atoms with van der Waals surface area (Å²) in [5, 5.41) is 3.33. The maximum atomic E-state index is 12.2. The van der Waals surface area contributed by atoms with Crippen molar-refractivity contribution in [1.29, 1.82) is 0 Å². The summed E-state index contributed by atoms with van der Waals surface area (Å²) in [4.78, 5) is 18.7. The average molecular weight is 313 g/mol. The number of likely N-dealkylation sites (tertiary alicyclic amines) is 1. The normalized spacial score (nSPS) is 18.2. The Balaban J connectivity index is 1.83. The lowest BCUT2D eigenvalue weighted by Gasteiger charge is -2.32. The largest absolute Gasteiger partial charge is 0.341 e. The van der Waals surface area contributed by atoms with Crippen molar-refractivity contribution in [1.82, 2.24) is 9.88 Å². The van der Waals surface area contributed by atoms with Gasteiger partial charge in [-0.2, -0.15) is 11.8 Å². The van der Waals surface area contributed by atoms with Crippen LogP contribution in [0.5, 0.6) is 0 Å². The lowest BCUT2D eigenvalue weighted by molar-refractivity contribution is -0.133. The summed E-state index contributed by atoms with van der Waals surface area (Å²) in [6.45, 7) is 3.66. The van der Waals surface area contributed by atoms with E-state index in [0.29, 0.717) is 5.92 Å². The molecule has 0 radical (unpaired) electrons. The molecular formula is C14H23N3OS2. The highest BCUT2D eigenvalue weighted by Crippen LogP contribution is 2.30. The van der Waals surface area contributed by atoms with Crippen LogP contribution < -0.4 is 5.73 Å². The molecule has 2 rings (SSSR count). The van der Waals surface area contributed by atoms with Gasteiger partial charge in [-0.15, -0.1) is 11.3 Å². The van der Waals surface area contributed by atoms with Gasteiger partial charge in [0.1, 0.15) is 0 Å². The predicted octanol–water partition coefficient (Wildman–Crippen LogP) is 2.24. The van der Waals surface area contributed by atoms with Gasteiger partial charge in [0, 0.05) is 30.1 Å². The number of nitrogens with zero attached hydrogens (tertiary/aromatic N) is 2. The number of nitrogens with two attached hydrogens (primary N) is 1. The van der Waals surface area contributed by atoms with Crippen molar-refractivity contribution in [2.75, 3.05) is 25.1 Å². The number of thioether (sulfide) groups is 1. The summed E-state index contributed by atoms with van der Waals surface area (Å²) in [5.41, 5.74) is 7.07. The second-order valence-electron chi connectivity index (χ2n) is 5.31. The number of hydrogen-bond donors (Lipinski definition) is 1. The molecule has 1 atom stereocenters. The SMILES string of the molecule is CSCC[C@@H](N)C(=O)N1CCC(c2nc(C)cs2)CC1. The molecule has 1 saturated heterocycles. The first-order valence-electron chi connectivity index (χ1n) is 7.07. The maximum Gasteiger partial charge on any atom is 0.239 e. The lowest BCUT2D eigenvalue weighted by atomic mass is 9.97. The number of thiazole rings is 1. The number of aryl methyl sites for hydroxylation is 1. The summed E-state index contributed by atoms with van der Waals surface area (Å²) in [6.07, 6.45) is 4.83. The molecule has 112 valence electrons. The molecule has 1 aliphatic heterocycles. The highest BCUT2D eigenvalue weighted by molar-refractivity contribution is 7.98. The Labute approximate surface area is 129 Å². The van der Waals surface area contributed by atoms with Crippen molar-refractivity contribution in [3.63, 3.8) is 0 Å². The van der Waals surface area contributed by atoms with Crippen molar-refractivity contribution in [3.05, 3.63) is 16.1 Å². The molecule has 0 spiro atoms. The molecule has 1 aromatic heterocycles. The van der Waals surface area contributed by atoms with Crippen LogP contribution in [0.1, 0.15) is 35.9 Å². The molecule has 0 aromatic carbocycles. The van der Waals surface area contributed by atoms with E-state index in [-0.39, 0.29) is 11.9 Å². The molecule has 6 heteroatoms. The van der Waals surface area contributed by atoms with Gasteiger partial charge in [-0.3, -0.25) is 4.79 Å². The summed E-state index contributed by atoms with van der Waals surface area (Å²) >= 11 is 3.48. The molecule has 1 fully saturated rings. The average Bonchev–Trinajstić information content (AvgIpc) is 2.90. The molecular weight excluding hydrogens is 290 g/mol. The van der Waals surface area contributed by atoms with E-state index in [0.717, 1.165) is 43.8 Å². The topological polar surface area (TPSA) is 59.2 Å². The standard InChI is InChI=1S/C14H23N3OS2/c1-10-9-20-13(16-10)11-3-6-17(7-4-11)14(18)12(15)5-8-19-2/h9,11-12H,3-8,15H2,1-2H3/t12-/m1/s1. The van der Waals surface area contributed by atoms with Crippen molar-refractivity contribution in [2.45, 2.75) is 38.1 Å². The number of amides is 1. The minimum atomic E-state index is -0.332. The van der Waals surface area contributed by atoms with Crippen LogP contribution in [-0.4, -0.2) is 46.9 Å². The first-order valence-corrected chi connectivity index (χ1v) is 9.34. The Bertz CT molecular complexity index is 441. The smallest absolute Gasteiger partial charge is 0.239 e. The number of rotatable bonds is 5. The molecule has 2 heterocycles. The molecule has 1 aromatic rings. The minimum Gasteiger partial charge on any atom is -0.341 e. The van der Waals surface area contributed by atoms with E-state index < -0.39 is 0 Å². The third kappa shape index (κ3) is 3.96. The van der Waals surface area contributed by atoms with Crippen molar-refractivity contribution in [2.24, 2.45) is 5.73 Å². The van der Waals surface area contributed by atoms with Crippen LogP contribution in [0.15, 0.2) is 5.38 Å². The van der Waals surface area contributed by atoms with Crippen LogP contribution in [0, 0.1) is 6.92 Å². The molecule has 1 amide bonds. The van der Waals surface area contributed by atoms with Crippen molar-refractivity contribution in [3.8, 4) is 0 Å². The molecule has 0 saturated carbocycles. The fourth-order valence-corrected chi connectivity index (χ4v) is 3.97. The summed E-state index contributed by atoms with van der Waals surface area (Å²) in [5.74, 6) is 1.58. The zero-order chi connectivity index (χ0) is 14.5. The molecule has 2 N–H and O–H groups in total. The molecule has 4 nitrogen and oxygen atoms in total. The second kappa shape index (κ2) is 7.43. The van der Waals surface area contributed by atoms with Gasteiger partial charge in [-0.1, -0.05) is 0 Å². The van der Waals surface area contributed by atoms with E-state index in [1.165, 1.54) is 5.01 Å². The molecule has 20 heavy (non-hydrogen) atoms. The Morgan fingerprint density at radius 2 is 2.30 bits per heavy atom. The number of carbonyl (C=O) groups is 1. The van der Waals surface area contributed by atoms with Gasteiger partial charge in [-0.05, 0) is 38.2 Å². The molecule has 0 unspecified atom stereocenters. The van der Waals surface area contributed by atoms with E-state index in [9.17, 15) is 4.79 Å². The summed E-state index contributed by atoms with van der Waals surface area (Å²) < 4.78 is 0. The Morgan fingerprint density at radius 1 is 1.60 bits per heavy atom. The van der Waals surface area contributed by atoms with Crippen LogP contribution >= 0.6 is 23.1 Å². The maximum absolute atomic E-state index is 12.2. The third-order valence-corrected chi connectivity index (χ3v) is 5.51. The van der Waals surface area contributed by atoms with E-state index in [2.05, 4.69) is 10.4 Å². The van der Waals surface area contributed by atoms with E-state index in [4.69, 9.17) is 5.73 Å². The quantitative estimate of drug-likeness (QED) is 0.905. The zero-order valence-electron chi connectivity index (χ0n) is 12.2.